The average molecular weight is 257 g/mol. The number of aromatic amines is 1. The van der Waals surface area contributed by atoms with Crippen molar-refractivity contribution in [2.75, 3.05) is 5.32 Å². The standard InChI is InChI=1S/C15H19N3O/c16-11-5-7-12(8-6-11)17-14-9-10-3-1-2-4-13(10)15(19)18-14/h1-4,9,11-12H,5-8,16H2,(H2,17,18,19). The number of H-pyrrole nitrogens is 1. The van der Waals surface area contributed by atoms with Crippen molar-refractivity contribution in [3.05, 3.63) is 40.7 Å². The Hall–Kier alpha value is -1.81. The zero-order valence-corrected chi connectivity index (χ0v) is 10.9. The first kappa shape index (κ1) is 12.2. The number of pyridine rings is 1. The Morgan fingerprint density at radius 3 is 2.68 bits per heavy atom. The summed E-state index contributed by atoms with van der Waals surface area (Å²) < 4.78 is 0. The van der Waals surface area contributed by atoms with Gasteiger partial charge in [0.25, 0.3) is 5.56 Å². The number of rotatable bonds is 2. The highest BCUT2D eigenvalue weighted by molar-refractivity contribution is 5.83. The van der Waals surface area contributed by atoms with Crippen molar-refractivity contribution < 1.29 is 0 Å². The Bertz CT molecular complexity index is 627. The van der Waals surface area contributed by atoms with E-state index < -0.39 is 0 Å². The Labute approximate surface area is 112 Å². The molecule has 0 unspecified atom stereocenters. The third-order valence-corrected chi connectivity index (χ3v) is 3.88. The van der Waals surface area contributed by atoms with Crippen LogP contribution in [0.5, 0.6) is 0 Å². The van der Waals surface area contributed by atoms with E-state index in [-0.39, 0.29) is 5.56 Å². The van der Waals surface area contributed by atoms with Gasteiger partial charge in [-0.25, -0.2) is 0 Å². The minimum Gasteiger partial charge on any atom is -0.369 e. The smallest absolute Gasteiger partial charge is 0.257 e. The molecule has 2 aromatic rings. The van der Waals surface area contributed by atoms with E-state index >= 15 is 0 Å². The van der Waals surface area contributed by atoms with E-state index in [0.29, 0.717) is 12.1 Å². The fourth-order valence-electron chi connectivity index (χ4n) is 2.77. The maximum atomic E-state index is 12.0. The van der Waals surface area contributed by atoms with E-state index in [9.17, 15) is 4.79 Å². The molecule has 0 atom stereocenters. The molecular formula is C15H19N3O. The molecule has 1 aliphatic rings. The zero-order chi connectivity index (χ0) is 13.2. The van der Waals surface area contributed by atoms with Crippen molar-refractivity contribution in [3.63, 3.8) is 0 Å². The van der Waals surface area contributed by atoms with Crippen LogP contribution >= 0.6 is 0 Å². The van der Waals surface area contributed by atoms with E-state index in [1.54, 1.807) is 0 Å². The van der Waals surface area contributed by atoms with Crippen LogP contribution in [0.3, 0.4) is 0 Å². The molecule has 0 amide bonds. The molecule has 0 bridgehead atoms. The highest BCUT2D eigenvalue weighted by Crippen LogP contribution is 2.21. The van der Waals surface area contributed by atoms with Gasteiger partial charge in [0.2, 0.25) is 0 Å². The first-order valence-electron chi connectivity index (χ1n) is 6.86. The zero-order valence-electron chi connectivity index (χ0n) is 10.9. The lowest BCUT2D eigenvalue weighted by atomic mass is 9.92. The molecular weight excluding hydrogens is 238 g/mol. The molecule has 1 aromatic carbocycles. The molecule has 4 N–H and O–H groups in total. The van der Waals surface area contributed by atoms with Gasteiger partial charge in [-0.05, 0) is 43.2 Å². The molecule has 1 aromatic heterocycles. The van der Waals surface area contributed by atoms with Gasteiger partial charge in [-0.2, -0.15) is 0 Å². The van der Waals surface area contributed by atoms with Gasteiger partial charge in [-0.3, -0.25) is 4.79 Å². The van der Waals surface area contributed by atoms with Crippen molar-refractivity contribution in [2.45, 2.75) is 37.8 Å². The van der Waals surface area contributed by atoms with Gasteiger partial charge >= 0.3 is 0 Å². The lowest BCUT2D eigenvalue weighted by molar-refractivity contribution is 0.410. The predicted molar refractivity (Wildman–Crippen MR) is 78.4 cm³/mol. The lowest BCUT2D eigenvalue weighted by Crippen LogP contribution is -2.33. The SMILES string of the molecule is NC1CCC(Nc2cc3ccccc3c(=O)[nH]2)CC1. The molecule has 0 saturated heterocycles. The van der Waals surface area contributed by atoms with E-state index in [1.165, 1.54) is 0 Å². The van der Waals surface area contributed by atoms with Crippen LogP contribution in [0.25, 0.3) is 10.8 Å². The molecule has 0 radical (unpaired) electrons. The van der Waals surface area contributed by atoms with Crippen LogP contribution in [-0.4, -0.2) is 17.1 Å². The summed E-state index contributed by atoms with van der Waals surface area (Å²) in [7, 11) is 0. The number of aromatic nitrogens is 1. The Morgan fingerprint density at radius 1 is 1.16 bits per heavy atom. The topological polar surface area (TPSA) is 70.9 Å². The molecule has 1 heterocycles. The third kappa shape index (κ3) is 2.63. The fraction of sp³-hybridized carbons (Fsp3) is 0.400. The number of nitrogens with two attached hydrogens (primary N) is 1. The Kier molecular flexibility index (Phi) is 3.25. The second-order valence-corrected chi connectivity index (χ2v) is 5.36. The number of hydrogen-bond acceptors (Lipinski definition) is 3. The summed E-state index contributed by atoms with van der Waals surface area (Å²) in [4.78, 5) is 14.9. The van der Waals surface area contributed by atoms with Crippen molar-refractivity contribution in [1.29, 1.82) is 0 Å². The first-order chi connectivity index (χ1) is 9.22. The van der Waals surface area contributed by atoms with Crippen molar-refractivity contribution in [3.8, 4) is 0 Å². The largest absolute Gasteiger partial charge is 0.369 e. The number of fused-ring (bicyclic) bond motifs is 1. The molecule has 19 heavy (non-hydrogen) atoms. The molecule has 0 spiro atoms. The summed E-state index contributed by atoms with van der Waals surface area (Å²) in [5.74, 6) is 0.809. The van der Waals surface area contributed by atoms with Crippen molar-refractivity contribution in [1.82, 2.24) is 4.98 Å². The monoisotopic (exact) mass is 257 g/mol. The van der Waals surface area contributed by atoms with Crippen LogP contribution in [0.4, 0.5) is 5.82 Å². The molecule has 1 fully saturated rings. The van der Waals surface area contributed by atoms with E-state index in [1.807, 2.05) is 30.3 Å². The van der Waals surface area contributed by atoms with Crippen LogP contribution in [0.1, 0.15) is 25.7 Å². The van der Waals surface area contributed by atoms with Gasteiger partial charge in [0, 0.05) is 17.5 Å². The molecule has 0 aliphatic heterocycles. The van der Waals surface area contributed by atoms with Crippen LogP contribution in [0.15, 0.2) is 35.1 Å². The highest BCUT2D eigenvalue weighted by atomic mass is 16.1. The van der Waals surface area contributed by atoms with Gasteiger partial charge in [-0.15, -0.1) is 0 Å². The summed E-state index contributed by atoms with van der Waals surface area (Å²) in [6.45, 7) is 0. The molecule has 1 saturated carbocycles. The summed E-state index contributed by atoms with van der Waals surface area (Å²) in [6, 6.07) is 10.4. The normalized spacial score (nSPS) is 23.4. The molecule has 1 aliphatic carbocycles. The minimum atomic E-state index is -0.0342. The number of hydrogen-bond donors (Lipinski definition) is 3. The Balaban J connectivity index is 1.83. The number of anilines is 1. The second-order valence-electron chi connectivity index (χ2n) is 5.36. The van der Waals surface area contributed by atoms with Crippen LogP contribution in [0, 0.1) is 0 Å². The Morgan fingerprint density at radius 2 is 1.89 bits per heavy atom. The fourth-order valence-corrected chi connectivity index (χ4v) is 2.77. The van der Waals surface area contributed by atoms with Crippen LogP contribution in [-0.2, 0) is 0 Å². The number of benzene rings is 1. The predicted octanol–water partition coefficient (Wildman–Crippen LogP) is 2.21. The molecule has 3 rings (SSSR count). The van der Waals surface area contributed by atoms with Crippen LogP contribution in [0.2, 0.25) is 0 Å². The van der Waals surface area contributed by atoms with Gasteiger partial charge in [-0.1, -0.05) is 18.2 Å². The van der Waals surface area contributed by atoms with Crippen LogP contribution < -0.4 is 16.6 Å². The van der Waals surface area contributed by atoms with E-state index in [2.05, 4.69) is 10.3 Å². The van der Waals surface area contributed by atoms with Gasteiger partial charge in [0.15, 0.2) is 0 Å². The third-order valence-electron chi connectivity index (χ3n) is 3.88. The van der Waals surface area contributed by atoms with Crippen molar-refractivity contribution in [2.24, 2.45) is 5.73 Å². The minimum absolute atomic E-state index is 0.0342. The summed E-state index contributed by atoms with van der Waals surface area (Å²) in [5.41, 5.74) is 5.87. The van der Waals surface area contributed by atoms with Crippen molar-refractivity contribution >= 4 is 16.6 Å². The van der Waals surface area contributed by atoms with Gasteiger partial charge < -0.3 is 16.0 Å². The maximum Gasteiger partial charge on any atom is 0.257 e. The molecule has 100 valence electrons. The van der Waals surface area contributed by atoms with Gasteiger partial charge in [0.05, 0.1) is 0 Å². The first-order valence-corrected chi connectivity index (χ1v) is 6.86. The quantitative estimate of drug-likeness (QED) is 0.772. The molecule has 4 nitrogen and oxygen atoms in total. The van der Waals surface area contributed by atoms with Gasteiger partial charge in [0.1, 0.15) is 5.82 Å². The summed E-state index contributed by atoms with van der Waals surface area (Å²) in [5, 5.41) is 5.13. The van der Waals surface area contributed by atoms with E-state index in [0.717, 1.165) is 42.3 Å². The average Bonchev–Trinajstić information content (AvgIpc) is 2.42. The summed E-state index contributed by atoms with van der Waals surface area (Å²) in [6.07, 6.45) is 4.23. The lowest BCUT2D eigenvalue weighted by Gasteiger charge is -2.27. The molecule has 4 heteroatoms. The van der Waals surface area contributed by atoms with E-state index in [4.69, 9.17) is 5.73 Å². The summed E-state index contributed by atoms with van der Waals surface area (Å²) >= 11 is 0. The number of nitrogens with one attached hydrogen (secondary N) is 2. The second kappa shape index (κ2) is 5.05. The maximum absolute atomic E-state index is 12.0. The highest BCUT2D eigenvalue weighted by Gasteiger charge is 2.18.